The van der Waals surface area contributed by atoms with Gasteiger partial charge in [0.15, 0.2) is 0 Å². The Balaban J connectivity index is 3.12. The van der Waals surface area contributed by atoms with Crippen molar-refractivity contribution in [1.29, 1.82) is 0 Å². The zero-order valence-corrected chi connectivity index (χ0v) is 7.14. The number of hydrogen-bond donors (Lipinski definition) is 2. The SMILES string of the molecule is NC(=O)c1ccc(CCl)cc1N. The molecule has 0 atom stereocenters. The van der Waals surface area contributed by atoms with E-state index in [1.807, 2.05) is 0 Å². The topological polar surface area (TPSA) is 69.1 Å². The molecule has 0 saturated heterocycles. The van der Waals surface area contributed by atoms with Gasteiger partial charge in [0.1, 0.15) is 0 Å². The van der Waals surface area contributed by atoms with Gasteiger partial charge < -0.3 is 11.5 Å². The number of carbonyl (C=O) groups is 1. The maximum Gasteiger partial charge on any atom is 0.250 e. The van der Waals surface area contributed by atoms with Crippen molar-refractivity contribution in [1.82, 2.24) is 0 Å². The molecule has 0 radical (unpaired) electrons. The second-order valence-electron chi connectivity index (χ2n) is 2.42. The predicted molar refractivity (Wildman–Crippen MR) is 48.9 cm³/mol. The third-order valence-electron chi connectivity index (χ3n) is 1.54. The summed E-state index contributed by atoms with van der Waals surface area (Å²) in [5.74, 6) is -0.142. The Kier molecular flexibility index (Phi) is 2.55. The van der Waals surface area contributed by atoms with Gasteiger partial charge in [-0.15, -0.1) is 11.6 Å². The Morgan fingerprint density at radius 3 is 2.58 bits per heavy atom. The van der Waals surface area contributed by atoms with Crippen molar-refractivity contribution in [3.8, 4) is 0 Å². The molecule has 0 spiro atoms. The van der Waals surface area contributed by atoms with Crippen molar-refractivity contribution >= 4 is 23.2 Å². The number of hydrogen-bond acceptors (Lipinski definition) is 2. The van der Waals surface area contributed by atoms with E-state index in [9.17, 15) is 4.79 Å². The standard InChI is InChI=1S/C8H9ClN2O/c9-4-5-1-2-6(8(11)12)7(10)3-5/h1-3H,4,10H2,(H2,11,12). The van der Waals surface area contributed by atoms with Crippen LogP contribution in [0.25, 0.3) is 0 Å². The third kappa shape index (κ3) is 1.68. The Labute approximate surface area is 75.3 Å². The summed E-state index contributed by atoms with van der Waals surface area (Å²) in [6.45, 7) is 0. The number of nitrogens with two attached hydrogens (primary N) is 2. The third-order valence-corrected chi connectivity index (χ3v) is 1.84. The fourth-order valence-corrected chi connectivity index (χ4v) is 1.09. The van der Waals surface area contributed by atoms with Crippen LogP contribution in [0, 0.1) is 0 Å². The quantitative estimate of drug-likeness (QED) is 0.534. The highest BCUT2D eigenvalue weighted by atomic mass is 35.5. The maximum atomic E-state index is 10.7. The van der Waals surface area contributed by atoms with E-state index in [1.54, 1.807) is 18.2 Å². The summed E-state index contributed by atoms with van der Waals surface area (Å²) in [7, 11) is 0. The molecule has 0 unspecified atom stereocenters. The lowest BCUT2D eigenvalue weighted by molar-refractivity contribution is 0.100. The fraction of sp³-hybridized carbons (Fsp3) is 0.125. The molecule has 4 heteroatoms. The monoisotopic (exact) mass is 184 g/mol. The van der Waals surface area contributed by atoms with Gasteiger partial charge in [-0.2, -0.15) is 0 Å². The summed E-state index contributed by atoms with van der Waals surface area (Å²) < 4.78 is 0. The fourth-order valence-electron chi connectivity index (χ4n) is 0.920. The van der Waals surface area contributed by atoms with E-state index in [1.165, 1.54) is 0 Å². The molecule has 1 aromatic carbocycles. The minimum absolute atomic E-state index is 0.337. The molecule has 0 saturated carbocycles. The van der Waals surface area contributed by atoms with Gasteiger partial charge in [-0.05, 0) is 17.7 Å². The van der Waals surface area contributed by atoms with Gasteiger partial charge in [-0.25, -0.2) is 0 Å². The number of halogens is 1. The molecule has 4 N–H and O–H groups in total. The van der Waals surface area contributed by atoms with Crippen LogP contribution in [0.2, 0.25) is 0 Å². The van der Waals surface area contributed by atoms with Gasteiger partial charge in [0.05, 0.1) is 5.56 Å². The zero-order chi connectivity index (χ0) is 9.14. The number of primary amides is 1. The normalized spacial score (nSPS) is 9.75. The van der Waals surface area contributed by atoms with Gasteiger partial charge in [-0.3, -0.25) is 4.79 Å². The van der Waals surface area contributed by atoms with Crippen LogP contribution in [0.1, 0.15) is 15.9 Å². The first-order valence-electron chi connectivity index (χ1n) is 3.39. The maximum absolute atomic E-state index is 10.7. The highest BCUT2D eigenvalue weighted by Gasteiger charge is 2.04. The van der Waals surface area contributed by atoms with Crippen molar-refractivity contribution in [3.63, 3.8) is 0 Å². The molecule has 0 fully saturated rings. The molecule has 0 heterocycles. The van der Waals surface area contributed by atoms with E-state index in [4.69, 9.17) is 23.1 Å². The number of amides is 1. The van der Waals surface area contributed by atoms with Crippen molar-refractivity contribution < 1.29 is 4.79 Å². The summed E-state index contributed by atoms with van der Waals surface area (Å²) in [6.07, 6.45) is 0. The van der Waals surface area contributed by atoms with Crippen LogP contribution in [0.15, 0.2) is 18.2 Å². The van der Waals surface area contributed by atoms with Crippen molar-refractivity contribution in [2.75, 3.05) is 5.73 Å². The summed E-state index contributed by atoms with van der Waals surface area (Å²) in [5, 5.41) is 0. The average molecular weight is 185 g/mol. The molecule has 1 amide bonds. The van der Waals surface area contributed by atoms with Crippen LogP contribution in [0.5, 0.6) is 0 Å². The van der Waals surface area contributed by atoms with Gasteiger partial charge in [0, 0.05) is 11.6 Å². The summed E-state index contributed by atoms with van der Waals surface area (Å²) in [6, 6.07) is 4.95. The molecule has 1 aromatic rings. The predicted octanol–water partition coefficient (Wildman–Crippen LogP) is 1.11. The van der Waals surface area contributed by atoms with Crippen LogP contribution in [-0.4, -0.2) is 5.91 Å². The number of anilines is 1. The number of alkyl halides is 1. The molecule has 0 aliphatic heterocycles. The van der Waals surface area contributed by atoms with Crippen LogP contribution in [-0.2, 0) is 5.88 Å². The molecule has 0 aromatic heterocycles. The van der Waals surface area contributed by atoms with Crippen LogP contribution in [0.3, 0.4) is 0 Å². The smallest absolute Gasteiger partial charge is 0.250 e. The average Bonchev–Trinajstić information content (AvgIpc) is 2.03. The van der Waals surface area contributed by atoms with Crippen molar-refractivity contribution in [2.45, 2.75) is 5.88 Å². The number of nitrogen functional groups attached to an aromatic ring is 1. The Bertz CT molecular complexity index is 312. The van der Waals surface area contributed by atoms with Crippen molar-refractivity contribution in [3.05, 3.63) is 29.3 Å². The van der Waals surface area contributed by atoms with E-state index in [0.717, 1.165) is 5.56 Å². The van der Waals surface area contributed by atoms with Crippen LogP contribution in [0.4, 0.5) is 5.69 Å². The molecule has 12 heavy (non-hydrogen) atoms. The summed E-state index contributed by atoms with van der Waals surface area (Å²) in [4.78, 5) is 10.7. The molecule has 0 aliphatic rings. The molecule has 1 rings (SSSR count). The van der Waals surface area contributed by atoms with Crippen molar-refractivity contribution in [2.24, 2.45) is 5.73 Å². The Morgan fingerprint density at radius 1 is 1.50 bits per heavy atom. The first-order chi connectivity index (χ1) is 5.65. The van der Waals surface area contributed by atoms with E-state index in [0.29, 0.717) is 17.1 Å². The highest BCUT2D eigenvalue weighted by molar-refractivity contribution is 6.17. The van der Waals surface area contributed by atoms with E-state index in [2.05, 4.69) is 0 Å². The second-order valence-corrected chi connectivity index (χ2v) is 2.69. The lowest BCUT2D eigenvalue weighted by atomic mass is 10.1. The molecule has 64 valence electrons. The first kappa shape index (κ1) is 8.87. The highest BCUT2D eigenvalue weighted by Crippen LogP contribution is 2.14. The summed E-state index contributed by atoms with van der Waals surface area (Å²) >= 11 is 5.56. The number of benzene rings is 1. The van der Waals surface area contributed by atoms with Crippen LogP contribution >= 0.6 is 11.6 Å². The molecule has 0 bridgehead atoms. The van der Waals surface area contributed by atoms with Gasteiger partial charge >= 0.3 is 0 Å². The van der Waals surface area contributed by atoms with Gasteiger partial charge in [-0.1, -0.05) is 6.07 Å². The number of carbonyl (C=O) groups excluding carboxylic acids is 1. The molecule has 3 nitrogen and oxygen atoms in total. The molecular formula is C8H9ClN2O. The number of rotatable bonds is 2. The Hall–Kier alpha value is -1.22. The molecule has 0 aliphatic carbocycles. The zero-order valence-electron chi connectivity index (χ0n) is 6.38. The lowest BCUT2D eigenvalue weighted by Gasteiger charge is -2.02. The minimum atomic E-state index is -0.520. The lowest BCUT2D eigenvalue weighted by Crippen LogP contribution is -2.13. The largest absolute Gasteiger partial charge is 0.398 e. The van der Waals surface area contributed by atoms with E-state index in [-0.39, 0.29) is 0 Å². The second kappa shape index (κ2) is 3.45. The Morgan fingerprint density at radius 2 is 2.17 bits per heavy atom. The molecular weight excluding hydrogens is 176 g/mol. The van der Waals surface area contributed by atoms with E-state index >= 15 is 0 Å². The van der Waals surface area contributed by atoms with Gasteiger partial charge in [0.25, 0.3) is 5.91 Å². The van der Waals surface area contributed by atoms with Gasteiger partial charge in [0.2, 0.25) is 0 Å². The summed E-state index contributed by atoms with van der Waals surface area (Å²) in [5.41, 5.74) is 12.2. The van der Waals surface area contributed by atoms with Crippen LogP contribution < -0.4 is 11.5 Å². The minimum Gasteiger partial charge on any atom is -0.398 e. The van der Waals surface area contributed by atoms with E-state index < -0.39 is 5.91 Å². The first-order valence-corrected chi connectivity index (χ1v) is 3.92.